The highest BCUT2D eigenvalue weighted by Crippen LogP contribution is 2.54. The maximum atomic E-state index is 16.0. The van der Waals surface area contributed by atoms with Crippen LogP contribution in [0.3, 0.4) is 0 Å². The molecule has 0 aliphatic carbocycles. The summed E-state index contributed by atoms with van der Waals surface area (Å²) >= 11 is 5.18. The minimum atomic E-state index is -4.21. The van der Waals surface area contributed by atoms with Crippen molar-refractivity contribution in [1.29, 1.82) is 0 Å². The summed E-state index contributed by atoms with van der Waals surface area (Å²) in [5.74, 6) is 0.152. The summed E-state index contributed by atoms with van der Waals surface area (Å²) in [6.45, 7) is -5.27. The molecular formula is C21H29BF2N11O8P2S-. The Morgan fingerprint density at radius 2 is 1.30 bits per heavy atom. The standard InChI is InChI=1S/C20H24BF2N10O8P2S.CH5N/c21-42(34)36-1-7-14(10(23)20(38-7)33-6-31-12-16(25)27-4-29-18(12)33)41-43(35,44)37-2-8-13(40-42)9(22)19(39-8)32-5-30-11-15(24)26-3-28-17(11)32;1-2/h3-10,13-14,19-20H,1-2H2,21H3,(H,35,44)(H2,24,26,28)(H2,25,27,29);2H2,1H3/q-1;/t7-,8?,9-,10-,13-,14-,19-,20-,42?,43?;/m1./s1. The number of alkyl halides is 2. The monoisotopic (exact) mass is 706 g/mol. The smallest absolute Gasteiger partial charge is 0.325 e. The number of anilines is 2. The summed E-state index contributed by atoms with van der Waals surface area (Å²) in [5.41, 5.74) is 17.0. The number of rotatable bonds is 2. The molecule has 0 spiro atoms. The Kier molecular flexibility index (Phi) is 9.11. The Labute approximate surface area is 264 Å². The zero-order valence-corrected chi connectivity index (χ0v) is 25.6. The van der Waals surface area contributed by atoms with Crippen LogP contribution in [0.4, 0.5) is 20.4 Å². The topological polar surface area (TPSA) is 258 Å². The maximum absolute atomic E-state index is 16.0. The normalized spacial score (nSPS) is 36.7. The highest BCUT2D eigenvalue weighted by Gasteiger charge is 2.53. The fraction of sp³-hybridized carbons (Fsp3) is 0.524. The first-order chi connectivity index (χ1) is 21.9. The van der Waals surface area contributed by atoms with Gasteiger partial charge in [-0.05, 0) is 18.9 Å². The Morgan fingerprint density at radius 1 is 0.848 bits per heavy atom. The number of aromatic nitrogens is 8. The van der Waals surface area contributed by atoms with Crippen molar-refractivity contribution in [3.8, 4) is 0 Å². The van der Waals surface area contributed by atoms with Crippen molar-refractivity contribution < 1.29 is 45.8 Å². The molecule has 0 radical (unpaired) electrons. The predicted octanol–water partition coefficient (Wildman–Crippen LogP) is -0.616. The number of halogens is 2. The highest BCUT2D eigenvalue weighted by molar-refractivity contribution is 8.07. The lowest BCUT2D eigenvalue weighted by atomic mass is 10.1. The second-order valence-corrected chi connectivity index (χ2v) is 13.3. The van der Waals surface area contributed by atoms with Gasteiger partial charge in [-0.1, -0.05) is 0 Å². The Bertz CT molecular complexity index is 1710. The van der Waals surface area contributed by atoms with Crippen molar-refractivity contribution in [3.63, 3.8) is 0 Å². The first-order valence-electron chi connectivity index (χ1n) is 13.1. The quantitative estimate of drug-likeness (QED) is 0.150. The molecule has 4 aromatic heterocycles. The first-order valence-corrected chi connectivity index (χ1v) is 16.8. The van der Waals surface area contributed by atoms with Crippen molar-refractivity contribution in [2.24, 2.45) is 5.73 Å². The van der Waals surface area contributed by atoms with Crippen LogP contribution in [-0.4, -0.2) is 109 Å². The van der Waals surface area contributed by atoms with Crippen LogP contribution in [0.1, 0.15) is 12.5 Å². The molecule has 7 heterocycles. The molecule has 3 fully saturated rings. The molecule has 3 aliphatic rings. The second kappa shape index (κ2) is 12.7. The van der Waals surface area contributed by atoms with E-state index in [-0.39, 0.29) is 34.0 Å². The zero-order valence-electron chi connectivity index (χ0n) is 23.0. The van der Waals surface area contributed by atoms with Gasteiger partial charge in [-0.3, -0.25) is 13.7 Å². The number of nitrogen functional groups attached to an aromatic ring is 2. The lowest BCUT2D eigenvalue weighted by Crippen LogP contribution is -2.37. The Morgan fingerprint density at radius 3 is 1.80 bits per heavy atom. The third-order valence-corrected chi connectivity index (χ3v) is 9.40. The van der Waals surface area contributed by atoms with Gasteiger partial charge < -0.3 is 49.7 Å². The van der Waals surface area contributed by atoms with Crippen molar-refractivity contribution in [2.45, 2.75) is 49.2 Å². The molecule has 0 bridgehead atoms. The lowest BCUT2D eigenvalue weighted by Gasteiger charge is -2.31. The molecule has 3 aliphatic heterocycles. The maximum Gasteiger partial charge on any atom is 0.325 e. The van der Waals surface area contributed by atoms with Gasteiger partial charge in [0.2, 0.25) is 0 Å². The van der Waals surface area contributed by atoms with Crippen LogP contribution < -0.4 is 17.2 Å². The SMILES string of the molecule is CN.[BH3-]P1(=O)OC[C@H]2O[C@@H](n3cnc4c(N)ncnc43)[C@H](F)[C@@H]2OP(O)(=S)OCC2O[C@@H](n3cnc4c(N)ncnc43)[C@H](F)[C@@H]2O1. The molecule has 0 saturated carbocycles. The third-order valence-electron chi connectivity index (χ3n) is 7.07. The van der Waals surface area contributed by atoms with Gasteiger partial charge in [0.1, 0.15) is 55.6 Å². The summed E-state index contributed by atoms with van der Waals surface area (Å²) in [6.07, 6.45) is -7.21. The van der Waals surface area contributed by atoms with Crippen LogP contribution in [0.25, 0.3) is 22.3 Å². The van der Waals surface area contributed by atoms with E-state index in [2.05, 4.69) is 35.6 Å². The van der Waals surface area contributed by atoms with Crippen molar-refractivity contribution in [2.75, 3.05) is 31.7 Å². The first kappa shape index (κ1) is 33.1. The molecule has 0 aromatic carbocycles. The van der Waals surface area contributed by atoms with E-state index in [9.17, 15) is 9.46 Å². The molecule has 19 nitrogen and oxygen atoms in total. The molecule has 10 atom stereocenters. The summed E-state index contributed by atoms with van der Waals surface area (Å²) < 4.78 is 82.5. The van der Waals surface area contributed by atoms with E-state index < -0.39 is 84.2 Å². The van der Waals surface area contributed by atoms with Gasteiger partial charge in [0.25, 0.3) is 0 Å². The van der Waals surface area contributed by atoms with Gasteiger partial charge in [0, 0.05) is 0 Å². The van der Waals surface area contributed by atoms with Crippen molar-refractivity contribution >= 4 is 67.5 Å². The molecule has 0 amide bonds. The number of ether oxygens (including phenoxy) is 2. The summed E-state index contributed by atoms with van der Waals surface area (Å²) in [7, 11) is -3.56. The number of imidazole rings is 2. The number of nitrogens with two attached hydrogens (primary N) is 3. The summed E-state index contributed by atoms with van der Waals surface area (Å²) in [4.78, 5) is 35.1. The van der Waals surface area contributed by atoms with Crippen LogP contribution in [0.15, 0.2) is 25.3 Å². The van der Waals surface area contributed by atoms with E-state index in [1.807, 2.05) is 0 Å². The molecule has 4 aromatic rings. The van der Waals surface area contributed by atoms with Crippen LogP contribution in [0, 0.1) is 0 Å². The van der Waals surface area contributed by atoms with Gasteiger partial charge in [0.05, 0.1) is 33.4 Å². The zero-order chi connectivity index (χ0) is 33.0. The average Bonchev–Trinajstić information content (AvgIpc) is 3.78. The van der Waals surface area contributed by atoms with E-state index in [0.717, 1.165) is 0 Å². The molecule has 7 rings (SSSR count). The number of nitrogens with zero attached hydrogens (tertiary/aromatic N) is 8. The van der Waals surface area contributed by atoms with Crippen molar-refractivity contribution in [3.05, 3.63) is 25.3 Å². The van der Waals surface area contributed by atoms with E-state index in [1.54, 1.807) is 0 Å². The molecular weight excluding hydrogens is 677 g/mol. The van der Waals surface area contributed by atoms with Gasteiger partial charge in [-0.2, -0.15) is 0 Å². The number of hydrogen-bond acceptors (Lipinski definition) is 17. The van der Waals surface area contributed by atoms with Gasteiger partial charge in [-0.25, -0.2) is 38.7 Å². The third kappa shape index (κ3) is 6.01. The van der Waals surface area contributed by atoms with E-state index >= 15 is 8.78 Å². The van der Waals surface area contributed by atoms with Crippen LogP contribution in [-0.2, 0) is 43.9 Å². The fourth-order valence-corrected chi connectivity index (χ4v) is 7.30. The average molecular weight is 706 g/mol. The van der Waals surface area contributed by atoms with Gasteiger partial charge in [0.15, 0.2) is 47.7 Å². The van der Waals surface area contributed by atoms with E-state index in [1.165, 1.54) is 41.5 Å². The minimum Gasteiger partial charge on any atom is -0.382 e. The number of hydrogen-bond donors (Lipinski definition) is 4. The van der Waals surface area contributed by atoms with Crippen LogP contribution in [0.2, 0.25) is 0 Å². The minimum absolute atomic E-state index is 0.0743. The molecule has 25 heteroatoms. The van der Waals surface area contributed by atoms with Crippen LogP contribution in [0.5, 0.6) is 0 Å². The molecule has 7 N–H and O–H groups in total. The van der Waals surface area contributed by atoms with E-state index in [0.29, 0.717) is 0 Å². The van der Waals surface area contributed by atoms with Gasteiger partial charge >= 0.3 is 6.72 Å². The van der Waals surface area contributed by atoms with Crippen molar-refractivity contribution in [1.82, 2.24) is 39.0 Å². The van der Waals surface area contributed by atoms with Crippen LogP contribution >= 0.6 is 14.2 Å². The Hall–Kier alpha value is -2.82. The predicted molar refractivity (Wildman–Crippen MR) is 163 cm³/mol. The van der Waals surface area contributed by atoms with E-state index in [4.69, 9.17) is 50.8 Å². The lowest BCUT2D eigenvalue weighted by molar-refractivity contribution is -0.0566. The van der Waals surface area contributed by atoms with Gasteiger partial charge in [-0.15, -0.1) is 0 Å². The summed E-state index contributed by atoms with van der Waals surface area (Å²) in [5, 5.41) is 0. The summed E-state index contributed by atoms with van der Waals surface area (Å²) in [6, 6.07) is 0. The molecule has 250 valence electrons. The number of fused-ring (bicyclic) bond motifs is 4. The molecule has 46 heavy (non-hydrogen) atoms. The molecule has 3 unspecified atom stereocenters. The Balaban J connectivity index is 0.00000182. The molecule has 3 saturated heterocycles. The highest BCUT2D eigenvalue weighted by atomic mass is 32.5. The second-order valence-electron chi connectivity index (χ2n) is 9.61. The largest absolute Gasteiger partial charge is 0.382 e. The fourth-order valence-electron chi connectivity index (χ4n) is 5.08.